The van der Waals surface area contributed by atoms with Gasteiger partial charge in [0.2, 0.25) is 6.41 Å². The fourth-order valence-electron chi connectivity index (χ4n) is 1.37. The predicted molar refractivity (Wildman–Crippen MR) is 56.6 cm³/mol. The smallest absolute Gasteiger partial charge is 0.213 e. The molecule has 0 aliphatic carbocycles. The fraction of sp³-hybridized carbons (Fsp3) is 0.714. The summed E-state index contributed by atoms with van der Waals surface area (Å²) in [6.45, 7) is 0.499. The molecule has 0 aromatic heterocycles. The van der Waals surface area contributed by atoms with E-state index in [0.717, 1.165) is 0 Å². The SMILES string of the molecule is O=CNC(=S)NC[C@@H]1CCS(=O)(=O)C1. The van der Waals surface area contributed by atoms with Crippen LogP contribution in [0.1, 0.15) is 6.42 Å². The van der Waals surface area contributed by atoms with Crippen molar-refractivity contribution in [3.8, 4) is 0 Å². The number of nitrogens with one attached hydrogen (secondary N) is 2. The maximum Gasteiger partial charge on any atom is 0.213 e. The van der Waals surface area contributed by atoms with Gasteiger partial charge in [-0.25, -0.2) is 8.42 Å². The van der Waals surface area contributed by atoms with Crippen LogP contribution in [0.15, 0.2) is 0 Å². The van der Waals surface area contributed by atoms with Crippen molar-refractivity contribution >= 4 is 33.6 Å². The van der Waals surface area contributed by atoms with Crippen LogP contribution in [-0.2, 0) is 14.6 Å². The van der Waals surface area contributed by atoms with Gasteiger partial charge in [0, 0.05) is 6.54 Å². The first-order chi connectivity index (χ1) is 6.53. The van der Waals surface area contributed by atoms with Crippen molar-refractivity contribution in [2.24, 2.45) is 5.92 Å². The highest BCUT2D eigenvalue weighted by Gasteiger charge is 2.27. The largest absolute Gasteiger partial charge is 0.362 e. The third kappa shape index (κ3) is 3.59. The van der Waals surface area contributed by atoms with Gasteiger partial charge in [-0.1, -0.05) is 0 Å². The van der Waals surface area contributed by atoms with E-state index < -0.39 is 9.84 Å². The Hall–Kier alpha value is -0.690. The van der Waals surface area contributed by atoms with Crippen molar-refractivity contribution < 1.29 is 13.2 Å². The Labute approximate surface area is 88.2 Å². The molecule has 0 bridgehead atoms. The standard InChI is InChI=1S/C7H12N2O3S2/c10-5-9-7(13)8-3-6-1-2-14(11,12)4-6/h5-6H,1-4H2,(H2,8,9,10,13)/t6-/m0/s1. The molecule has 1 aliphatic heterocycles. The molecule has 1 aliphatic rings. The molecule has 0 aromatic carbocycles. The Kier molecular flexibility index (Phi) is 3.82. The maximum absolute atomic E-state index is 11.1. The van der Waals surface area contributed by atoms with Crippen molar-refractivity contribution in [2.45, 2.75) is 6.42 Å². The van der Waals surface area contributed by atoms with Crippen LogP contribution >= 0.6 is 12.2 Å². The van der Waals surface area contributed by atoms with Gasteiger partial charge in [0.25, 0.3) is 0 Å². The molecule has 0 saturated carbocycles. The van der Waals surface area contributed by atoms with E-state index in [1.54, 1.807) is 0 Å². The molecule has 0 aromatic rings. The van der Waals surface area contributed by atoms with Crippen LogP contribution in [0.5, 0.6) is 0 Å². The van der Waals surface area contributed by atoms with E-state index >= 15 is 0 Å². The molecule has 1 saturated heterocycles. The summed E-state index contributed by atoms with van der Waals surface area (Å²) in [5.41, 5.74) is 0. The van der Waals surface area contributed by atoms with E-state index in [0.29, 0.717) is 19.4 Å². The van der Waals surface area contributed by atoms with Crippen LogP contribution in [0.2, 0.25) is 0 Å². The normalized spacial score (nSPS) is 24.1. The lowest BCUT2D eigenvalue weighted by Crippen LogP contribution is -2.37. The number of thiocarbonyl (C=S) groups is 1. The van der Waals surface area contributed by atoms with Crippen molar-refractivity contribution in [3.05, 3.63) is 0 Å². The van der Waals surface area contributed by atoms with Gasteiger partial charge < -0.3 is 10.6 Å². The Morgan fingerprint density at radius 1 is 1.57 bits per heavy atom. The Balaban J connectivity index is 2.27. The Morgan fingerprint density at radius 3 is 2.79 bits per heavy atom. The number of carbonyl (C=O) groups excluding carboxylic acids is 1. The van der Waals surface area contributed by atoms with Crippen molar-refractivity contribution in [3.63, 3.8) is 0 Å². The summed E-state index contributed by atoms with van der Waals surface area (Å²) < 4.78 is 22.2. The van der Waals surface area contributed by atoms with Crippen LogP contribution < -0.4 is 10.6 Å². The van der Waals surface area contributed by atoms with Crippen LogP contribution in [0.4, 0.5) is 0 Å². The number of amides is 1. The van der Waals surface area contributed by atoms with E-state index in [1.807, 2.05) is 0 Å². The second-order valence-corrected chi connectivity index (χ2v) is 5.88. The fourth-order valence-corrected chi connectivity index (χ4v) is 3.37. The monoisotopic (exact) mass is 236 g/mol. The van der Waals surface area contributed by atoms with Gasteiger partial charge in [0.1, 0.15) is 0 Å². The van der Waals surface area contributed by atoms with Crippen LogP contribution in [0, 0.1) is 5.92 Å². The molecule has 1 heterocycles. The molecule has 1 atom stereocenters. The molecule has 80 valence electrons. The van der Waals surface area contributed by atoms with Crippen LogP contribution in [0.25, 0.3) is 0 Å². The molecule has 5 nitrogen and oxygen atoms in total. The average molecular weight is 236 g/mol. The number of hydrogen-bond donors (Lipinski definition) is 2. The zero-order valence-corrected chi connectivity index (χ0v) is 9.16. The van der Waals surface area contributed by atoms with Crippen molar-refractivity contribution in [1.82, 2.24) is 10.6 Å². The van der Waals surface area contributed by atoms with Gasteiger partial charge in [0.15, 0.2) is 14.9 Å². The van der Waals surface area contributed by atoms with Gasteiger partial charge in [0.05, 0.1) is 11.5 Å². The quantitative estimate of drug-likeness (QED) is 0.488. The average Bonchev–Trinajstić information content (AvgIpc) is 2.43. The summed E-state index contributed by atoms with van der Waals surface area (Å²) in [4.78, 5) is 9.98. The lowest BCUT2D eigenvalue weighted by Gasteiger charge is -2.10. The second kappa shape index (κ2) is 4.70. The molecule has 1 fully saturated rings. The summed E-state index contributed by atoms with van der Waals surface area (Å²) in [5, 5.41) is 5.31. The molecule has 1 rings (SSSR count). The van der Waals surface area contributed by atoms with E-state index in [2.05, 4.69) is 10.6 Å². The molecular formula is C7H12N2O3S2. The summed E-state index contributed by atoms with van der Waals surface area (Å²) in [5.74, 6) is 0.572. The van der Waals surface area contributed by atoms with Gasteiger partial charge in [-0.2, -0.15) is 0 Å². The Bertz CT molecular complexity index is 326. The second-order valence-electron chi connectivity index (χ2n) is 3.24. The van der Waals surface area contributed by atoms with Gasteiger partial charge >= 0.3 is 0 Å². The highest BCUT2D eigenvalue weighted by atomic mass is 32.2. The zero-order valence-electron chi connectivity index (χ0n) is 7.52. The minimum atomic E-state index is -2.83. The Morgan fingerprint density at radius 2 is 2.29 bits per heavy atom. The first-order valence-electron chi connectivity index (χ1n) is 4.22. The lowest BCUT2D eigenvalue weighted by molar-refractivity contribution is -0.108. The third-order valence-electron chi connectivity index (χ3n) is 2.07. The molecule has 0 radical (unpaired) electrons. The first kappa shape index (κ1) is 11.4. The number of sulfone groups is 1. The highest BCUT2D eigenvalue weighted by molar-refractivity contribution is 7.91. The predicted octanol–water partition coefficient (Wildman–Crippen LogP) is -0.958. The van der Waals surface area contributed by atoms with E-state index in [4.69, 9.17) is 12.2 Å². The van der Waals surface area contributed by atoms with Gasteiger partial charge in [-0.3, -0.25) is 4.79 Å². The number of carbonyl (C=O) groups is 1. The number of hydrogen-bond acceptors (Lipinski definition) is 4. The summed E-state index contributed by atoms with van der Waals surface area (Å²) in [7, 11) is -2.83. The zero-order chi connectivity index (χ0) is 10.6. The maximum atomic E-state index is 11.1. The first-order valence-corrected chi connectivity index (χ1v) is 6.45. The topological polar surface area (TPSA) is 75.3 Å². The highest BCUT2D eigenvalue weighted by Crippen LogP contribution is 2.17. The van der Waals surface area contributed by atoms with E-state index in [-0.39, 0.29) is 22.5 Å². The molecule has 14 heavy (non-hydrogen) atoms. The van der Waals surface area contributed by atoms with Crippen LogP contribution in [0.3, 0.4) is 0 Å². The third-order valence-corrected chi connectivity index (χ3v) is 4.17. The van der Waals surface area contributed by atoms with Crippen molar-refractivity contribution in [2.75, 3.05) is 18.1 Å². The molecule has 7 heteroatoms. The molecule has 2 N–H and O–H groups in total. The molecule has 0 unspecified atom stereocenters. The van der Waals surface area contributed by atoms with Gasteiger partial charge in [-0.05, 0) is 24.6 Å². The minimum Gasteiger partial charge on any atom is -0.362 e. The van der Waals surface area contributed by atoms with Crippen LogP contribution in [-0.4, -0.2) is 38.0 Å². The summed E-state index contributed by atoms with van der Waals surface area (Å²) in [6, 6.07) is 0. The minimum absolute atomic E-state index is 0.103. The van der Waals surface area contributed by atoms with E-state index in [1.165, 1.54) is 0 Å². The van der Waals surface area contributed by atoms with E-state index in [9.17, 15) is 13.2 Å². The van der Waals surface area contributed by atoms with Crippen molar-refractivity contribution in [1.29, 1.82) is 0 Å². The molecular weight excluding hydrogens is 224 g/mol. The molecule has 1 amide bonds. The molecule has 0 spiro atoms. The lowest BCUT2D eigenvalue weighted by atomic mass is 10.1. The van der Waals surface area contributed by atoms with Gasteiger partial charge in [-0.15, -0.1) is 0 Å². The summed E-state index contributed by atoms with van der Waals surface area (Å²) in [6.07, 6.45) is 1.15. The summed E-state index contributed by atoms with van der Waals surface area (Å²) >= 11 is 4.74. The number of rotatable bonds is 3.